The van der Waals surface area contributed by atoms with Gasteiger partial charge in [0.05, 0.1) is 7.11 Å². The van der Waals surface area contributed by atoms with Gasteiger partial charge in [-0.1, -0.05) is 0 Å². The van der Waals surface area contributed by atoms with E-state index in [1.165, 1.54) is 6.42 Å². The number of hydrogen-bond donors (Lipinski definition) is 1. The van der Waals surface area contributed by atoms with E-state index in [1.54, 1.807) is 7.11 Å². The molecule has 4 heteroatoms. The molecule has 1 aromatic rings. The second-order valence-electron chi connectivity index (χ2n) is 4.82. The van der Waals surface area contributed by atoms with E-state index in [2.05, 4.69) is 30.0 Å². The molecule has 1 saturated heterocycles. The van der Waals surface area contributed by atoms with Crippen molar-refractivity contribution in [2.75, 3.05) is 44.9 Å². The molecule has 1 aliphatic heterocycles. The summed E-state index contributed by atoms with van der Waals surface area (Å²) in [6.45, 7) is 2.13. The molecule has 2 N–H and O–H groups in total. The zero-order chi connectivity index (χ0) is 12.4. The van der Waals surface area contributed by atoms with Crippen molar-refractivity contribution in [1.29, 1.82) is 0 Å². The summed E-state index contributed by atoms with van der Waals surface area (Å²) in [5.74, 6) is 0.827. The lowest BCUT2D eigenvalue weighted by Crippen LogP contribution is -2.31. The number of anilines is 2. The fraction of sp³-hybridized carbons (Fsp3) is 0.538. The highest BCUT2D eigenvalue weighted by molar-refractivity contribution is 5.61. The first-order chi connectivity index (χ1) is 8.10. The van der Waals surface area contributed by atoms with Gasteiger partial charge in [-0.3, -0.25) is 0 Å². The van der Waals surface area contributed by atoms with Gasteiger partial charge in [0.1, 0.15) is 5.75 Å². The Morgan fingerprint density at radius 2 is 2.12 bits per heavy atom. The Kier molecular flexibility index (Phi) is 3.43. The minimum atomic E-state index is 0.627. The lowest BCUT2D eigenvalue weighted by atomic mass is 10.2. The Labute approximate surface area is 103 Å². The molecule has 0 amide bonds. The predicted molar refractivity (Wildman–Crippen MR) is 71.7 cm³/mol. The van der Waals surface area contributed by atoms with Gasteiger partial charge in [0.2, 0.25) is 0 Å². The topological polar surface area (TPSA) is 41.7 Å². The first-order valence-electron chi connectivity index (χ1n) is 5.96. The summed E-state index contributed by atoms with van der Waals surface area (Å²) in [7, 11) is 5.94. The van der Waals surface area contributed by atoms with Crippen molar-refractivity contribution < 1.29 is 4.74 Å². The van der Waals surface area contributed by atoms with Crippen LogP contribution in [0.1, 0.15) is 6.42 Å². The molecule has 1 atom stereocenters. The molecule has 2 rings (SSSR count). The largest absolute Gasteiger partial charge is 0.497 e. The molecule has 0 radical (unpaired) electrons. The summed E-state index contributed by atoms with van der Waals surface area (Å²) in [5, 5.41) is 0. The average molecular weight is 235 g/mol. The van der Waals surface area contributed by atoms with Gasteiger partial charge >= 0.3 is 0 Å². The number of nitrogen functional groups attached to an aromatic ring is 1. The molecule has 0 aliphatic carbocycles. The smallest absolute Gasteiger partial charge is 0.122 e. The van der Waals surface area contributed by atoms with Crippen LogP contribution in [0.4, 0.5) is 11.4 Å². The summed E-state index contributed by atoms with van der Waals surface area (Å²) in [6, 6.07) is 6.54. The van der Waals surface area contributed by atoms with Gasteiger partial charge in [-0.25, -0.2) is 0 Å². The summed E-state index contributed by atoms with van der Waals surface area (Å²) >= 11 is 0. The van der Waals surface area contributed by atoms with Gasteiger partial charge in [-0.05, 0) is 26.6 Å². The van der Waals surface area contributed by atoms with E-state index in [0.717, 1.165) is 30.2 Å². The summed E-state index contributed by atoms with van der Waals surface area (Å²) in [4.78, 5) is 4.65. The standard InChI is InChI=1S/C13H21N3O/c1-15(2)11-4-5-16(9-11)12-6-10(14)7-13(8-12)17-3/h6-8,11H,4-5,9,14H2,1-3H3. The van der Waals surface area contributed by atoms with E-state index in [9.17, 15) is 0 Å². The summed E-state index contributed by atoms with van der Waals surface area (Å²) in [6.07, 6.45) is 1.20. The molecule has 17 heavy (non-hydrogen) atoms. The average Bonchev–Trinajstić information content (AvgIpc) is 2.77. The summed E-state index contributed by atoms with van der Waals surface area (Å²) in [5.41, 5.74) is 7.80. The Morgan fingerprint density at radius 1 is 1.35 bits per heavy atom. The van der Waals surface area contributed by atoms with Crippen LogP contribution in [0.2, 0.25) is 0 Å². The third kappa shape index (κ3) is 2.64. The van der Waals surface area contributed by atoms with E-state index >= 15 is 0 Å². The second-order valence-corrected chi connectivity index (χ2v) is 4.82. The van der Waals surface area contributed by atoms with Crippen molar-refractivity contribution in [1.82, 2.24) is 4.90 Å². The number of likely N-dealkylation sites (N-methyl/N-ethyl adjacent to an activating group) is 1. The van der Waals surface area contributed by atoms with Gasteiger partial charge in [0.15, 0.2) is 0 Å². The SMILES string of the molecule is COc1cc(N)cc(N2CCC(N(C)C)C2)c1. The molecule has 1 fully saturated rings. The maximum atomic E-state index is 5.88. The molecular weight excluding hydrogens is 214 g/mol. The van der Waals surface area contributed by atoms with Crippen molar-refractivity contribution in [2.45, 2.75) is 12.5 Å². The highest BCUT2D eigenvalue weighted by Gasteiger charge is 2.24. The molecular formula is C13H21N3O. The lowest BCUT2D eigenvalue weighted by molar-refractivity contribution is 0.315. The Morgan fingerprint density at radius 3 is 2.71 bits per heavy atom. The molecule has 1 heterocycles. The van der Waals surface area contributed by atoms with Gasteiger partial charge in [-0.15, -0.1) is 0 Å². The normalized spacial score (nSPS) is 20.0. The van der Waals surface area contributed by atoms with Crippen LogP contribution in [0.3, 0.4) is 0 Å². The maximum Gasteiger partial charge on any atom is 0.122 e. The van der Waals surface area contributed by atoms with Gasteiger partial charge in [0, 0.05) is 42.6 Å². The lowest BCUT2D eigenvalue weighted by Gasteiger charge is -2.22. The van der Waals surface area contributed by atoms with Crippen LogP contribution in [-0.4, -0.2) is 45.2 Å². The van der Waals surface area contributed by atoms with Gasteiger partial charge < -0.3 is 20.3 Å². The molecule has 0 spiro atoms. The highest BCUT2D eigenvalue weighted by atomic mass is 16.5. The van der Waals surface area contributed by atoms with Gasteiger partial charge in [-0.2, -0.15) is 0 Å². The number of ether oxygens (including phenoxy) is 1. The maximum absolute atomic E-state index is 5.88. The van der Waals surface area contributed by atoms with Crippen LogP contribution in [-0.2, 0) is 0 Å². The van der Waals surface area contributed by atoms with Crippen LogP contribution in [0.15, 0.2) is 18.2 Å². The van der Waals surface area contributed by atoms with Crippen LogP contribution >= 0.6 is 0 Å². The monoisotopic (exact) mass is 235 g/mol. The zero-order valence-electron chi connectivity index (χ0n) is 10.8. The second kappa shape index (κ2) is 4.84. The highest BCUT2D eigenvalue weighted by Crippen LogP contribution is 2.28. The number of nitrogens with zero attached hydrogens (tertiary/aromatic N) is 2. The minimum absolute atomic E-state index is 0.627. The van der Waals surface area contributed by atoms with E-state index in [4.69, 9.17) is 10.5 Å². The fourth-order valence-corrected chi connectivity index (χ4v) is 2.30. The zero-order valence-corrected chi connectivity index (χ0v) is 10.8. The fourth-order valence-electron chi connectivity index (χ4n) is 2.30. The van der Waals surface area contributed by atoms with Crippen molar-refractivity contribution in [3.8, 4) is 5.75 Å². The molecule has 4 nitrogen and oxygen atoms in total. The van der Waals surface area contributed by atoms with Gasteiger partial charge in [0.25, 0.3) is 0 Å². The Hall–Kier alpha value is -1.42. The van der Waals surface area contributed by atoms with E-state index in [-0.39, 0.29) is 0 Å². The Balaban J connectivity index is 2.15. The van der Waals surface area contributed by atoms with E-state index < -0.39 is 0 Å². The Bertz CT molecular complexity index is 392. The van der Waals surface area contributed by atoms with Crippen molar-refractivity contribution in [2.24, 2.45) is 0 Å². The van der Waals surface area contributed by atoms with Crippen molar-refractivity contribution in [3.63, 3.8) is 0 Å². The molecule has 1 aromatic carbocycles. The quantitative estimate of drug-likeness (QED) is 0.805. The number of nitrogens with two attached hydrogens (primary N) is 1. The van der Waals surface area contributed by atoms with E-state index in [1.807, 2.05) is 12.1 Å². The molecule has 0 aromatic heterocycles. The predicted octanol–water partition coefficient (Wildman–Crippen LogP) is 1.42. The number of methoxy groups -OCH3 is 1. The number of hydrogen-bond acceptors (Lipinski definition) is 4. The van der Waals surface area contributed by atoms with Crippen LogP contribution in [0.25, 0.3) is 0 Å². The van der Waals surface area contributed by atoms with Crippen LogP contribution in [0, 0.1) is 0 Å². The summed E-state index contributed by atoms with van der Waals surface area (Å²) < 4.78 is 5.25. The van der Waals surface area contributed by atoms with E-state index in [0.29, 0.717) is 6.04 Å². The van der Waals surface area contributed by atoms with Crippen molar-refractivity contribution in [3.05, 3.63) is 18.2 Å². The first kappa shape index (κ1) is 12.0. The molecule has 0 bridgehead atoms. The van der Waals surface area contributed by atoms with Crippen LogP contribution in [0.5, 0.6) is 5.75 Å². The molecule has 94 valence electrons. The number of benzene rings is 1. The van der Waals surface area contributed by atoms with Crippen molar-refractivity contribution >= 4 is 11.4 Å². The van der Waals surface area contributed by atoms with Crippen LogP contribution < -0.4 is 15.4 Å². The number of rotatable bonds is 3. The third-order valence-corrected chi connectivity index (χ3v) is 3.41. The molecule has 0 saturated carbocycles. The molecule has 1 aliphatic rings. The first-order valence-corrected chi connectivity index (χ1v) is 5.96. The minimum Gasteiger partial charge on any atom is -0.497 e. The molecule has 1 unspecified atom stereocenters. The third-order valence-electron chi connectivity index (χ3n) is 3.41.